The molecule has 7 rings (SSSR count). The highest BCUT2D eigenvalue weighted by atomic mass is 19.1. The Bertz CT molecular complexity index is 1810. The summed E-state index contributed by atoms with van der Waals surface area (Å²) in [5, 5.41) is 7.20. The molecule has 5 aromatic rings. The van der Waals surface area contributed by atoms with Crippen LogP contribution in [0.2, 0.25) is 0 Å². The molecule has 0 saturated carbocycles. The molecule has 1 N–H and O–H groups in total. The third-order valence-electron chi connectivity index (χ3n) is 8.08. The molecule has 0 radical (unpaired) electrons. The molecule has 4 aromatic heterocycles. The molecule has 0 unspecified atom stereocenters. The fraction of sp³-hybridized carbons (Fsp3) is 0.267. The van der Waals surface area contributed by atoms with E-state index in [4.69, 9.17) is 9.72 Å². The average Bonchev–Trinajstić information content (AvgIpc) is 3.56. The Labute approximate surface area is 234 Å². The van der Waals surface area contributed by atoms with Crippen molar-refractivity contribution < 1.29 is 13.9 Å². The van der Waals surface area contributed by atoms with E-state index in [1.165, 1.54) is 24.8 Å². The summed E-state index contributed by atoms with van der Waals surface area (Å²) in [5.41, 5.74) is 3.78. The van der Waals surface area contributed by atoms with E-state index in [-0.39, 0.29) is 29.6 Å². The SMILES string of the molecule is C=CC(=O)N1[C@@H]2CC[C@H]1C[C@@H](c1ccc3ncnc(Nc4cc(C)c(Oc5ccn6ncnc6c5)cc4F)c3n1)C2. The number of nitrogens with zero attached hydrogens (tertiary/aromatic N) is 7. The smallest absolute Gasteiger partial charge is 0.246 e. The second-order valence-electron chi connectivity index (χ2n) is 10.6. The predicted molar refractivity (Wildman–Crippen MR) is 151 cm³/mol. The van der Waals surface area contributed by atoms with Crippen molar-refractivity contribution in [3.63, 3.8) is 0 Å². The second kappa shape index (κ2) is 9.92. The Morgan fingerprint density at radius 3 is 2.73 bits per heavy atom. The Hall–Kier alpha value is -4.93. The number of piperidine rings is 1. The zero-order valence-corrected chi connectivity index (χ0v) is 22.4. The highest BCUT2D eigenvalue weighted by molar-refractivity contribution is 5.88. The van der Waals surface area contributed by atoms with Crippen molar-refractivity contribution in [1.82, 2.24) is 34.4 Å². The van der Waals surface area contributed by atoms with Crippen LogP contribution in [0.15, 0.2) is 67.9 Å². The van der Waals surface area contributed by atoms with Gasteiger partial charge in [0.15, 0.2) is 11.5 Å². The molecule has 0 aliphatic carbocycles. The number of carbonyl (C=O) groups is 1. The molecule has 206 valence electrons. The van der Waals surface area contributed by atoms with Crippen LogP contribution in [0.3, 0.4) is 0 Å². The number of halogens is 1. The zero-order chi connectivity index (χ0) is 28.1. The van der Waals surface area contributed by atoms with Crippen LogP contribution in [0, 0.1) is 12.7 Å². The molecule has 2 aliphatic rings. The summed E-state index contributed by atoms with van der Waals surface area (Å²) in [6, 6.07) is 10.8. The number of aromatic nitrogens is 6. The summed E-state index contributed by atoms with van der Waals surface area (Å²) in [6.45, 7) is 5.52. The molecule has 6 heterocycles. The summed E-state index contributed by atoms with van der Waals surface area (Å²) < 4.78 is 22.9. The van der Waals surface area contributed by atoms with Gasteiger partial charge in [0, 0.05) is 42.0 Å². The monoisotopic (exact) mass is 550 g/mol. The molecule has 10 nitrogen and oxygen atoms in total. The van der Waals surface area contributed by atoms with Crippen LogP contribution in [-0.2, 0) is 4.79 Å². The number of rotatable bonds is 6. The largest absolute Gasteiger partial charge is 0.457 e. The molecule has 1 aromatic carbocycles. The first-order valence-electron chi connectivity index (χ1n) is 13.6. The molecule has 2 bridgehead atoms. The quantitative estimate of drug-likeness (QED) is 0.277. The van der Waals surface area contributed by atoms with E-state index in [0.29, 0.717) is 34.0 Å². The summed E-state index contributed by atoms with van der Waals surface area (Å²) in [6.07, 6.45) is 9.74. The Morgan fingerprint density at radius 2 is 1.93 bits per heavy atom. The van der Waals surface area contributed by atoms with Crippen molar-refractivity contribution in [2.24, 2.45) is 0 Å². The fourth-order valence-electron chi connectivity index (χ4n) is 6.14. The van der Waals surface area contributed by atoms with E-state index in [0.717, 1.165) is 36.9 Å². The second-order valence-corrected chi connectivity index (χ2v) is 10.6. The van der Waals surface area contributed by atoms with Crippen LogP contribution in [0.5, 0.6) is 11.5 Å². The molecule has 1 amide bonds. The Balaban J connectivity index is 1.15. The van der Waals surface area contributed by atoms with Gasteiger partial charge in [0.2, 0.25) is 5.91 Å². The van der Waals surface area contributed by atoms with E-state index in [9.17, 15) is 4.79 Å². The lowest BCUT2D eigenvalue weighted by Crippen LogP contribution is -2.45. The van der Waals surface area contributed by atoms with Crippen LogP contribution in [0.25, 0.3) is 16.7 Å². The predicted octanol–water partition coefficient (Wildman–Crippen LogP) is 5.47. The van der Waals surface area contributed by atoms with E-state index in [1.807, 2.05) is 24.0 Å². The van der Waals surface area contributed by atoms with E-state index in [1.54, 1.807) is 28.9 Å². The van der Waals surface area contributed by atoms with Gasteiger partial charge in [0.25, 0.3) is 0 Å². The number of hydrogen-bond acceptors (Lipinski definition) is 8. The number of ether oxygens (including phenoxy) is 1. The molecular weight excluding hydrogens is 523 g/mol. The van der Waals surface area contributed by atoms with Gasteiger partial charge in [-0.3, -0.25) is 4.79 Å². The fourth-order valence-corrected chi connectivity index (χ4v) is 6.14. The highest BCUT2D eigenvalue weighted by Crippen LogP contribution is 2.43. The summed E-state index contributed by atoms with van der Waals surface area (Å²) >= 11 is 0. The standard InChI is InChI=1S/C30H27FN8O2/c1-3-28(40)39-19-4-5-20(39)12-18(11-19)23-6-7-24-29(36-23)30(34-15-32-24)37-25-10-17(2)26(14-22(25)31)41-21-8-9-38-27(13-21)33-16-35-38/h3,6-10,13-16,18-20H,1,4-5,11-12H2,2H3,(H,32,34,37)/t18-,19+,20-. The van der Waals surface area contributed by atoms with Crippen molar-refractivity contribution in [1.29, 1.82) is 0 Å². The number of carbonyl (C=O) groups excluding carboxylic acids is 1. The van der Waals surface area contributed by atoms with Crippen molar-refractivity contribution in [3.05, 3.63) is 85.0 Å². The number of pyridine rings is 2. The van der Waals surface area contributed by atoms with Gasteiger partial charge < -0.3 is 15.0 Å². The van der Waals surface area contributed by atoms with E-state index in [2.05, 4.69) is 31.9 Å². The Kier molecular flexibility index (Phi) is 6.06. The van der Waals surface area contributed by atoms with Gasteiger partial charge in [-0.1, -0.05) is 6.58 Å². The molecule has 41 heavy (non-hydrogen) atoms. The third kappa shape index (κ3) is 4.52. The van der Waals surface area contributed by atoms with Gasteiger partial charge in [0.05, 0.1) is 11.2 Å². The lowest BCUT2D eigenvalue weighted by atomic mass is 9.87. The number of fused-ring (bicyclic) bond motifs is 4. The van der Waals surface area contributed by atoms with E-state index < -0.39 is 5.82 Å². The van der Waals surface area contributed by atoms with Gasteiger partial charge in [-0.2, -0.15) is 5.10 Å². The van der Waals surface area contributed by atoms with Crippen LogP contribution in [0.4, 0.5) is 15.9 Å². The van der Waals surface area contributed by atoms with Gasteiger partial charge in [-0.05, 0) is 68.5 Å². The number of aryl methyl sites for hydroxylation is 1. The molecule has 2 aliphatic heterocycles. The first-order chi connectivity index (χ1) is 20.0. The third-order valence-corrected chi connectivity index (χ3v) is 8.08. The molecule has 2 fully saturated rings. The summed E-state index contributed by atoms with van der Waals surface area (Å²) in [4.78, 5) is 32.3. The summed E-state index contributed by atoms with van der Waals surface area (Å²) in [7, 11) is 0. The maximum Gasteiger partial charge on any atom is 0.246 e. The normalized spacial score (nSPS) is 20.0. The molecule has 11 heteroatoms. The van der Waals surface area contributed by atoms with Crippen molar-refractivity contribution >= 4 is 34.1 Å². The highest BCUT2D eigenvalue weighted by Gasteiger charge is 2.43. The number of nitrogens with one attached hydrogen (secondary N) is 1. The molecular formula is C30H27FN8O2. The number of hydrogen-bond donors (Lipinski definition) is 1. The number of benzene rings is 1. The van der Waals surface area contributed by atoms with Gasteiger partial charge >= 0.3 is 0 Å². The molecule has 0 spiro atoms. The van der Waals surface area contributed by atoms with Crippen molar-refractivity contribution in [2.45, 2.75) is 50.6 Å². The average molecular weight is 551 g/mol. The topological polar surface area (TPSA) is 110 Å². The minimum atomic E-state index is -0.493. The minimum absolute atomic E-state index is 0.00689. The van der Waals surface area contributed by atoms with E-state index >= 15 is 4.39 Å². The lowest BCUT2D eigenvalue weighted by Gasteiger charge is -2.38. The number of anilines is 2. The number of amides is 1. The van der Waals surface area contributed by atoms with Crippen LogP contribution < -0.4 is 10.1 Å². The van der Waals surface area contributed by atoms with Crippen molar-refractivity contribution in [3.8, 4) is 11.5 Å². The maximum absolute atomic E-state index is 15.3. The lowest BCUT2D eigenvalue weighted by molar-refractivity contribution is -0.130. The van der Waals surface area contributed by atoms with Gasteiger partial charge in [0.1, 0.15) is 35.5 Å². The first kappa shape index (κ1) is 25.1. The van der Waals surface area contributed by atoms with Crippen LogP contribution in [0.1, 0.15) is 42.9 Å². The minimum Gasteiger partial charge on any atom is -0.457 e. The maximum atomic E-state index is 15.3. The zero-order valence-electron chi connectivity index (χ0n) is 22.4. The first-order valence-corrected chi connectivity index (χ1v) is 13.6. The van der Waals surface area contributed by atoms with Crippen molar-refractivity contribution in [2.75, 3.05) is 5.32 Å². The Morgan fingerprint density at radius 1 is 1.10 bits per heavy atom. The van der Waals surface area contributed by atoms with Crippen LogP contribution >= 0.6 is 0 Å². The summed E-state index contributed by atoms with van der Waals surface area (Å²) in [5.74, 6) is 1.07. The molecule has 2 saturated heterocycles. The molecule has 3 atom stereocenters. The van der Waals surface area contributed by atoms with Gasteiger partial charge in [-0.25, -0.2) is 28.8 Å². The van der Waals surface area contributed by atoms with Gasteiger partial charge in [-0.15, -0.1) is 0 Å². The van der Waals surface area contributed by atoms with Crippen LogP contribution in [-0.4, -0.2) is 52.4 Å².